The van der Waals surface area contributed by atoms with Gasteiger partial charge >= 0.3 is 59.1 Å². The molecule has 0 aliphatic rings. The number of azo groups is 2. The van der Waals surface area contributed by atoms with Gasteiger partial charge in [-0.05, 0) is 71.1 Å². The summed E-state index contributed by atoms with van der Waals surface area (Å²) in [6.07, 6.45) is 1.33. The summed E-state index contributed by atoms with van der Waals surface area (Å²) in [4.78, 5) is -0.941. The third-order valence-corrected chi connectivity index (χ3v) is 9.93. The molecule has 0 atom stereocenters. The first-order chi connectivity index (χ1) is 25.8. The fourth-order valence-corrected chi connectivity index (χ4v) is 7.03. The van der Waals surface area contributed by atoms with Gasteiger partial charge in [-0.15, -0.1) is 10.2 Å². The van der Waals surface area contributed by atoms with Gasteiger partial charge in [-0.2, -0.15) is 27.1 Å². The van der Waals surface area contributed by atoms with Gasteiger partial charge in [0.2, 0.25) is 0 Å². The summed E-state index contributed by atoms with van der Waals surface area (Å²) < 4.78 is 80.2. The molecule has 6 aromatic rings. The van der Waals surface area contributed by atoms with Crippen LogP contribution in [0.2, 0.25) is 0 Å². The Morgan fingerprint density at radius 3 is 1.20 bits per heavy atom. The zero-order valence-corrected chi connectivity index (χ0v) is 36.5. The number of nitrogens with zero attached hydrogens (tertiary/aromatic N) is 4. The van der Waals surface area contributed by atoms with E-state index in [0.29, 0.717) is 48.7 Å². The molecule has 56 heavy (non-hydrogen) atoms. The van der Waals surface area contributed by atoms with Gasteiger partial charge in [0.25, 0.3) is 20.2 Å². The third-order valence-electron chi connectivity index (χ3n) is 8.14. The minimum atomic E-state index is -4.69. The normalized spacial score (nSPS) is 11.9. The third kappa shape index (κ3) is 9.95. The monoisotopic (exact) mass is 814 g/mol. The molecule has 0 amide bonds. The molecule has 0 aliphatic heterocycles. The summed E-state index contributed by atoms with van der Waals surface area (Å²) in [6, 6.07) is 24.0. The van der Waals surface area contributed by atoms with Crippen LogP contribution >= 0.6 is 0 Å². The molecule has 14 nitrogen and oxygen atoms in total. The number of ether oxygens (including phenoxy) is 2. The standard InChI is InChI=1S/C38H34N4O10S2.2Na/c1-3-17-51-33-19-23(13-15-29(33)39-41-31-21-35(53(45,46)47)25-9-5-7-11-27(25)37(31)43)24-14-16-30(34(20-24)52-18-4-2)40-42-32-22-36(54(48,49)50)26-10-6-8-12-28(26)38(32)44;;/h5-16,19-22,43-44H,3-4,17-18H2,1-2H3,(H,45,46,47)(H,48,49,50);;/q;2*+1/p-2. The van der Waals surface area contributed by atoms with Crippen molar-refractivity contribution in [1.29, 1.82) is 0 Å². The second-order valence-corrected chi connectivity index (χ2v) is 14.7. The molecule has 0 aromatic heterocycles. The topological polar surface area (TPSA) is 223 Å². The van der Waals surface area contributed by atoms with Crippen molar-refractivity contribution in [3.05, 3.63) is 97.1 Å². The van der Waals surface area contributed by atoms with Crippen LogP contribution in [0.4, 0.5) is 22.7 Å². The van der Waals surface area contributed by atoms with Gasteiger partial charge in [0.1, 0.15) is 32.7 Å². The minimum absolute atomic E-state index is 0. The van der Waals surface area contributed by atoms with E-state index in [0.717, 1.165) is 12.1 Å². The van der Waals surface area contributed by atoms with Crippen molar-refractivity contribution < 1.29 is 105 Å². The predicted octanol–water partition coefficient (Wildman–Crippen LogP) is 2.72. The molecule has 2 N–H and O–H groups in total. The van der Waals surface area contributed by atoms with Crippen LogP contribution in [-0.2, 0) is 20.2 Å². The van der Waals surface area contributed by atoms with Gasteiger partial charge in [0.15, 0.2) is 0 Å². The van der Waals surface area contributed by atoms with Gasteiger partial charge in [-0.3, -0.25) is 9.11 Å². The Morgan fingerprint density at radius 2 is 0.857 bits per heavy atom. The van der Waals surface area contributed by atoms with Crippen LogP contribution in [0.25, 0.3) is 32.7 Å². The Hall–Kier alpha value is -3.94. The van der Waals surface area contributed by atoms with Crippen LogP contribution in [0.5, 0.6) is 23.0 Å². The molecule has 0 spiro atoms. The van der Waals surface area contributed by atoms with E-state index in [9.17, 15) is 36.2 Å². The van der Waals surface area contributed by atoms with Gasteiger partial charge in [0, 0.05) is 10.8 Å². The molecule has 0 saturated carbocycles. The molecule has 0 aliphatic carbocycles. The van der Waals surface area contributed by atoms with Crippen molar-refractivity contribution >= 4 is 64.5 Å². The average molecular weight is 815 g/mol. The van der Waals surface area contributed by atoms with Crippen molar-refractivity contribution in [1.82, 2.24) is 0 Å². The van der Waals surface area contributed by atoms with Crippen molar-refractivity contribution in [2.24, 2.45) is 20.5 Å². The molecule has 0 heterocycles. The fraction of sp³-hybridized carbons (Fsp3) is 0.158. The molecule has 6 aromatic carbocycles. The zero-order chi connectivity index (χ0) is 38.6. The molecule has 0 unspecified atom stereocenters. The first kappa shape index (κ1) is 44.8. The molecule has 0 fully saturated rings. The van der Waals surface area contributed by atoms with Crippen LogP contribution in [0, 0.1) is 0 Å². The van der Waals surface area contributed by atoms with Crippen LogP contribution in [0.3, 0.4) is 0 Å². The summed E-state index contributed by atoms with van der Waals surface area (Å²) in [5.74, 6) is -0.514. The Labute approximate surface area is 367 Å². The summed E-state index contributed by atoms with van der Waals surface area (Å²) in [5.41, 5.74) is 1.24. The first-order valence-electron chi connectivity index (χ1n) is 16.6. The Kier molecular flexibility index (Phi) is 15.2. The Morgan fingerprint density at radius 1 is 0.518 bits per heavy atom. The van der Waals surface area contributed by atoms with Gasteiger partial charge < -0.3 is 19.7 Å². The smallest absolute Gasteiger partial charge is 0.871 e. The summed E-state index contributed by atoms with van der Waals surface area (Å²) in [7, 11) is -9.38. The van der Waals surface area contributed by atoms with Crippen LogP contribution in [-0.4, -0.2) is 39.2 Å². The molecular weight excluding hydrogens is 783 g/mol. The number of benzene rings is 6. The average Bonchev–Trinajstić information content (AvgIpc) is 3.15. The zero-order valence-electron chi connectivity index (χ0n) is 30.8. The van der Waals surface area contributed by atoms with Crippen LogP contribution in [0.1, 0.15) is 26.7 Å². The number of fused-ring (bicyclic) bond motifs is 2. The van der Waals surface area contributed by atoms with E-state index in [-0.39, 0.29) is 103 Å². The molecule has 278 valence electrons. The van der Waals surface area contributed by atoms with Crippen molar-refractivity contribution in [3.8, 4) is 34.1 Å². The first-order valence-corrected chi connectivity index (χ1v) is 19.5. The SMILES string of the molecule is CCCOc1cc(-c2ccc(N=Nc3cc(S(=O)(=O)O)c4ccccc4c3[O-])c(OCCC)c2)ccc1N=Nc1cc(S(=O)(=O)O)c2ccccc2c1[O-].[Na+].[Na+]. The largest absolute Gasteiger partial charge is 1.00 e. The van der Waals surface area contributed by atoms with Crippen molar-refractivity contribution in [2.75, 3.05) is 13.2 Å². The number of hydrogen-bond donors (Lipinski definition) is 2. The van der Waals surface area contributed by atoms with E-state index in [1.54, 1.807) is 60.7 Å². The van der Waals surface area contributed by atoms with E-state index < -0.39 is 41.5 Å². The van der Waals surface area contributed by atoms with E-state index in [2.05, 4.69) is 20.5 Å². The van der Waals surface area contributed by atoms with E-state index in [1.165, 1.54) is 24.3 Å². The molecule has 0 saturated heterocycles. The van der Waals surface area contributed by atoms with E-state index in [4.69, 9.17) is 9.47 Å². The summed E-state index contributed by atoms with van der Waals surface area (Å²) in [5, 5.41) is 43.1. The maximum absolute atomic E-state index is 13.2. The minimum Gasteiger partial charge on any atom is -0.871 e. The molecular formula is C38H32N4Na2O10S2. The molecule has 6 rings (SSSR count). The van der Waals surface area contributed by atoms with Crippen LogP contribution in [0.15, 0.2) is 127 Å². The number of rotatable bonds is 13. The van der Waals surface area contributed by atoms with E-state index in [1.807, 2.05) is 13.8 Å². The molecule has 0 bridgehead atoms. The summed E-state index contributed by atoms with van der Waals surface area (Å²) >= 11 is 0. The maximum atomic E-state index is 13.2. The quantitative estimate of drug-likeness (QED) is 0.0986. The second kappa shape index (κ2) is 19.0. The van der Waals surface area contributed by atoms with Crippen molar-refractivity contribution in [3.63, 3.8) is 0 Å². The summed E-state index contributed by atoms with van der Waals surface area (Å²) in [6.45, 7) is 4.48. The Bertz CT molecular complexity index is 2510. The predicted molar refractivity (Wildman–Crippen MR) is 198 cm³/mol. The maximum Gasteiger partial charge on any atom is 1.00 e. The molecule has 18 heteroatoms. The number of hydrogen-bond acceptors (Lipinski definition) is 12. The van der Waals surface area contributed by atoms with Gasteiger partial charge in [-0.25, -0.2) is 0 Å². The van der Waals surface area contributed by atoms with Crippen molar-refractivity contribution in [2.45, 2.75) is 36.5 Å². The second-order valence-electron chi connectivity index (χ2n) is 11.9. The molecule has 0 radical (unpaired) electrons. The Balaban J connectivity index is 0.00000348. The van der Waals surface area contributed by atoms with E-state index >= 15 is 0 Å². The van der Waals surface area contributed by atoms with Gasteiger partial charge in [0.05, 0.1) is 24.6 Å². The van der Waals surface area contributed by atoms with Gasteiger partial charge in [-0.1, -0.05) is 86.0 Å². The fourth-order valence-electron chi connectivity index (χ4n) is 5.60. The van der Waals surface area contributed by atoms with Crippen LogP contribution < -0.4 is 78.8 Å².